The van der Waals surface area contributed by atoms with Gasteiger partial charge in [0.15, 0.2) is 0 Å². The summed E-state index contributed by atoms with van der Waals surface area (Å²) in [7, 11) is 6.05. The molecule has 118 valence electrons. The molecule has 1 aliphatic heterocycles. The first kappa shape index (κ1) is 16.3. The fraction of sp³-hybridized carbons (Fsp3) is 0.647. The van der Waals surface area contributed by atoms with Crippen LogP contribution in [0.25, 0.3) is 0 Å². The molecule has 1 aromatic carbocycles. The van der Waals surface area contributed by atoms with Crippen molar-refractivity contribution in [2.45, 2.75) is 37.9 Å². The molecule has 1 saturated heterocycles. The van der Waals surface area contributed by atoms with Gasteiger partial charge in [0.05, 0.1) is 7.11 Å². The van der Waals surface area contributed by atoms with Crippen molar-refractivity contribution >= 4 is 0 Å². The smallest absolute Gasteiger partial charge is 0.119 e. The molecule has 2 N–H and O–H groups in total. The van der Waals surface area contributed by atoms with Gasteiger partial charge in [0, 0.05) is 31.2 Å². The molecule has 2 atom stereocenters. The zero-order valence-corrected chi connectivity index (χ0v) is 13.7. The first-order valence-electron chi connectivity index (χ1n) is 7.83. The van der Waals surface area contributed by atoms with E-state index >= 15 is 0 Å². The minimum Gasteiger partial charge on any atom is -0.497 e. The van der Waals surface area contributed by atoms with Gasteiger partial charge in [-0.2, -0.15) is 0 Å². The first-order chi connectivity index (χ1) is 10.0. The van der Waals surface area contributed by atoms with Gasteiger partial charge < -0.3 is 15.4 Å². The number of piperidine rings is 1. The van der Waals surface area contributed by atoms with Crippen LogP contribution in [-0.4, -0.2) is 56.2 Å². The fourth-order valence-corrected chi connectivity index (χ4v) is 3.35. The lowest BCUT2D eigenvalue weighted by molar-refractivity contribution is 0.0982. The summed E-state index contributed by atoms with van der Waals surface area (Å²) in [5.41, 5.74) is 7.55. The Balaban J connectivity index is 2.13. The van der Waals surface area contributed by atoms with Gasteiger partial charge in [-0.1, -0.05) is 12.1 Å². The van der Waals surface area contributed by atoms with Gasteiger partial charge in [0.1, 0.15) is 5.75 Å². The lowest BCUT2D eigenvalue weighted by Crippen LogP contribution is -2.47. The van der Waals surface area contributed by atoms with E-state index in [2.05, 4.69) is 49.0 Å². The molecule has 0 spiro atoms. The predicted molar refractivity (Wildman–Crippen MR) is 87.7 cm³/mol. The average molecular weight is 291 g/mol. The summed E-state index contributed by atoms with van der Waals surface area (Å²) < 4.78 is 5.35. The molecule has 1 fully saturated rings. The van der Waals surface area contributed by atoms with Crippen LogP contribution < -0.4 is 10.5 Å². The molecule has 2 rings (SSSR count). The molecule has 0 aliphatic carbocycles. The maximum atomic E-state index is 6.29. The quantitative estimate of drug-likeness (QED) is 0.902. The molecule has 1 aromatic rings. The Kier molecular flexibility index (Phi) is 5.62. The third kappa shape index (κ3) is 3.96. The second-order valence-electron chi connectivity index (χ2n) is 6.31. The van der Waals surface area contributed by atoms with E-state index in [1.54, 1.807) is 7.11 Å². The SMILES string of the molecule is COc1cccc(C(C(C)N)N2CCC(N(C)C)CC2)c1. The lowest BCUT2D eigenvalue weighted by Gasteiger charge is -2.41. The Morgan fingerprint density at radius 3 is 2.48 bits per heavy atom. The Bertz CT molecular complexity index is 439. The topological polar surface area (TPSA) is 41.7 Å². The number of nitrogens with two attached hydrogens (primary N) is 1. The third-order valence-corrected chi connectivity index (χ3v) is 4.56. The molecule has 4 heteroatoms. The van der Waals surface area contributed by atoms with E-state index in [1.807, 2.05) is 6.07 Å². The first-order valence-corrected chi connectivity index (χ1v) is 7.83. The highest BCUT2D eigenvalue weighted by Crippen LogP contribution is 2.29. The van der Waals surface area contributed by atoms with E-state index in [-0.39, 0.29) is 12.1 Å². The molecule has 1 heterocycles. The lowest BCUT2D eigenvalue weighted by atomic mass is 9.95. The molecule has 0 aromatic heterocycles. The highest BCUT2D eigenvalue weighted by Gasteiger charge is 2.29. The van der Waals surface area contributed by atoms with Crippen molar-refractivity contribution in [2.75, 3.05) is 34.3 Å². The largest absolute Gasteiger partial charge is 0.497 e. The standard InChI is InChI=1S/C17H29N3O/c1-13(18)17(14-6-5-7-16(12-14)21-4)20-10-8-15(9-11-20)19(2)3/h5-7,12-13,15,17H,8-11,18H2,1-4H3. The Hall–Kier alpha value is -1.10. The molecule has 0 saturated carbocycles. The van der Waals surface area contributed by atoms with Crippen LogP contribution in [0.2, 0.25) is 0 Å². The number of rotatable bonds is 5. The van der Waals surface area contributed by atoms with Crippen LogP contribution in [0.4, 0.5) is 0 Å². The van der Waals surface area contributed by atoms with Crippen LogP contribution in [0.15, 0.2) is 24.3 Å². The monoisotopic (exact) mass is 291 g/mol. The normalized spacial score (nSPS) is 20.5. The Labute approximate surface area is 128 Å². The number of nitrogens with zero attached hydrogens (tertiary/aromatic N) is 2. The summed E-state index contributed by atoms with van der Waals surface area (Å²) >= 11 is 0. The molecule has 0 radical (unpaired) electrons. The predicted octanol–water partition coefficient (Wildman–Crippen LogP) is 2.11. The van der Waals surface area contributed by atoms with Gasteiger partial charge in [0.2, 0.25) is 0 Å². The fourth-order valence-electron chi connectivity index (χ4n) is 3.35. The maximum Gasteiger partial charge on any atom is 0.119 e. The highest BCUT2D eigenvalue weighted by atomic mass is 16.5. The molecule has 1 aliphatic rings. The van der Waals surface area contributed by atoms with Crippen molar-refractivity contribution in [2.24, 2.45) is 5.73 Å². The van der Waals surface area contributed by atoms with Crippen molar-refractivity contribution < 1.29 is 4.74 Å². The number of hydrogen-bond donors (Lipinski definition) is 1. The van der Waals surface area contributed by atoms with E-state index in [1.165, 1.54) is 18.4 Å². The van der Waals surface area contributed by atoms with Gasteiger partial charge in [-0.15, -0.1) is 0 Å². The summed E-state index contributed by atoms with van der Waals surface area (Å²) in [6, 6.07) is 9.38. The van der Waals surface area contributed by atoms with Crippen molar-refractivity contribution in [1.82, 2.24) is 9.80 Å². The Morgan fingerprint density at radius 1 is 1.29 bits per heavy atom. The van der Waals surface area contributed by atoms with Crippen LogP contribution in [0, 0.1) is 0 Å². The Morgan fingerprint density at radius 2 is 1.95 bits per heavy atom. The van der Waals surface area contributed by atoms with E-state index < -0.39 is 0 Å². The highest BCUT2D eigenvalue weighted by molar-refractivity contribution is 5.31. The maximum absolute atomic E-state index is 6.29. The van der Waals surface area contributed by atoms with Crippen molar-refractivity contribution in [3.05, 3.63) is 29.8 Å². The molecule has 0 amide bonds. The van der Waals surface area contributed by atoms with Gasteiger partial charge in [-0.05, 0) is 51.6 Å². The zero-order valence-electron chi connectivity index (χ0n) is 13.7. The van der Waals surface area contributed by atoms with Crippen LogP contribution >= 0.6 is 0 Å². The minimum atomic E-state index is 0.105. The second-order valence-corrected chi connectivity index (χ2v) is 6.31. The summed E-state index contributed by atoms with van der Waals surface area (Å²) in [6.45, 7) is 4.31. The molecule has 21 heavy (non-hydrogen) atoms. The van der Waals surface area contributed by atoms with E-state index in [0.29, 0.717) is 6.04 Å². The number of hydrogen-bond acceptors (Lipinski definition) is 4. The van der Waals surface area contributed by atoms with Gasteiger partial charge in [-0.25, -0.2) is 0 Å². The summed E-state index contributed by atoms with van der Waals surface area (Å²) in [6.07, 6.45) is 2.42. The van der Waals surface area contributed by atoms with Gasteiger partial charge in [-0.3, -0.25) is 4.90 Å². The van der Waals surface area contributed by atoms with Crippen LogP contribution in [0.3, 0.4) is 0 Å². The minimum absolute atomic E-state index is 0.105. The average Bonchev–Trinajstić information content (AvgIpc) is 2.48. The number of benzene rings is 1. The summed E-state index contributed by atoms with van der Waals surface area (Å²) in [5.74, 6) is 0.904. The number of ether oxygens (including phenoxy) is 1. The number of methoxy groups -OCH3 is 1. The van der Waals surface area contributed by atoms with Gasteiger partial charge >= 0.3 is 0 Å². The van der Waals surface area contributed by atoms with E-state index in [0.717, 1.165) is 18.8 Å². The van der Waals surface area contributed by atoms with Crippen molar-refractivity contribution in [3.8, 4) is 5.75 Å². The molecule has 4 nitrogen and oxygen atoms in total. The van der Waals surface area contributed by atoms with Gasteiger partial charge in [0.25, 0.3) is 0 Å². The summed E-state index contributed by atoms with van der Waals surface area (Å²) in [5, 5.41) is 0. The third-order valence-electron chi connectivity index (χ3n) is 4.56. The van der Waals surface area contributed by atoms with Crippen molar-refractivity contribution in [3.63, 3.8) is 0 Å². The zero-order chi connectivity index (χ0) is 15.4. The number of likely N-dealkylation sites (tertiary alicyclic amines) is 1. The van der Waals surface area contributed by atoms with E-state index in [9.17, 15) is 0 Å². The van der Waals surface area contributed by atoms with Crippen molar-refractivity contribution in [1.29, 1.82) is 0 Å². The molecule has 0 bridgehead atoms. The van der Waals surface area contributed by atoms with Crippen LogP contribution in [0.1, 0.15) is 31.4 Å². The van der Waals surface area contributed by atoms with E-state index in [4.69, 9.17) is 10.5 Å². The second kappa shape index (κ2) is 7.25. The molecular formula is C17H29N3O. The molecular weight excluding hydrogens is 262 g/mol. The summed E-state index contributed by atoms with van der Waals surface area (Å²) in [4.78, 5) is 4.86. The molecule has 2 unspecified atom stereocenters. The van der Waals surface area contributed by atoms with Crippen LogP contribution in [-0.2, 0) is 0 Å². The van der Waals surface area contributed by atoms with Crippen LogP contribution in [0.5, 0.6) is 5.75 Å².